The summed E-state index contributed by atoms with van der Waals surface area (Å²) in [7, 11) is 2.18. The molecule has 0 saturated carbocycles. The highest BCUT2D eigenvalue weighted by Gasteiger charge is 2.33. The van der Waals surface area contributed by atoms with Gasteiger partial charge in [0.25, 0.3) is 0 Å². The summed E-state index contributed by atoms with van der Waals surface area (Å²) in [5.41, 5.74) is 11.1. The number of benzene rings is 8. The van der Waals surface area contributed by atoms with Crippen LogP contribution in [0.3, 0.4) is 0 Å². The van der Waals surface area contributed by atoms with Crippen molar-refractivity contribution < 1.29 is 4.42 Å². The molecule has 1 aliphatic rings. The molecule has 2 atom stereocenters. The van der Waals surface area contributed by atoms with Gasteiger partial charge in [-0.05, 0) is 60.1 Å². The lowest BCUT2D eigenvalue weighted by atomic mass is 9.96. The quantitative estimate of drug-likeness (QED) is 0.190. The van der Waals surface area contributed by atoms with Crippen LogP contribution in [0.4, 0.5) is 0 Å². The average Bonchev–Trinajstić information content (AvgIpc) is 3.96. The van der Waals surface area contributed by atoms with E-state index in [0.29, 0.717) is 0 Å². The number of rotatable bonds is 5. The number of hydrogen-bond acceptors (Lipinski definition) is 5. The molecule has 8 aromatic carbocycles. The molecule has 0 aliphatic carbocycles. The summed E-state index contributed by atoms with van der Waals surface area (Å²) in [6.45, 7) is 0. The highest BCUT2D eigenvalue weighted by atomic mass is 32.1. The molecule has 6 heteroatoms. The van der Waals surface area contributed by atoms with Gasteiger partial charge in [-0.1, -0.05) is 140 Å². The Labute approximate surface area is 338 Å². The highest BCUT2D eigenvalue weighted by Crippen LogP contribution is 2.47. The number of nitrogens with one attached hydrogen (secondary N) is 1. The summed E-state index contributed by atoms with van der Waals surface area (Å²) in [6.07, 6.45) is -0.270. The van der Waals surface area contributed by atoms with Gasteiger partial charge in [-0.25, -0.2) is 4.99 Å². The Hall–Kier alpha value is -6.99. The Morgan fingerprint density at radius 3 is 2.03 bits per heavy atom. The first-order valence-electron chi connectivity index (χ1n) is 19.7. The van der Waals surface area contributed by atoms with Gasteiger partial charge in [-0.3, -0.25) is 4.90 Å². The number of aromatic nitrogens is 1. The Bertz CT molecular complexity index is 3360. The van der Waals surface area contributed by atoms with Crippen molar-refractivity contribution >= 4 is 81.1 Å². The van der Waals surface area contributed by atoms with Gasteiger partial charge in [0.1, 0.15) is 29.3 Å². The van der Waals surface area contributed by atoms with Crippen LogP contribution in [0.5, 0.6) is 0 Å². The second-order valence-electron chi connectivity index (χ2n) is 15.2. The topological polar surface area (TPSA) is 45.7 Å². The largest absolute Gasteiger partial charge is 0.456 e. The molecule has 0 amide bonds. The minimum atomic E-state index is -0.152. The normalized spacial score (nSPS) is 16.2. The van der Waals surface area contributed by atoms with Crippen LogP contribution in [0.2, 0.25) is 0 Å². The molecule has 1 N–H and O–H groups in total. The Balaban J connectivity index is 1.01. The van der Waals surface area contributed by atoms with Crippen LogP contribution in [0, 0.1) is 0 Å². The first kappa shape index (κ1) is 33.2. The van der Waals surface area contributed by atoms with Gasteiger partial charge in [-0.15, -0.1) is 11.3 Å². The molecule has 4 heterocycles. The van der Waals surface area contributed by atoms with E-state index in [-0.39, 0.29) is 12.3 Å². The third-order valence-electron chi connectivity index (χ3n) is 11.9. The first-order chi connectivity index (χ1) is 28.7. The fourth-order valence-corrected chi connectivity index (χ4v) is 10.6. The number of furan rings is 1. The molecule has 58 heavy (non-hydrogen) atoms. The third-order valence-corrected chi connectivity index (χ3v) is 13.1. The number of fused-ring (bicyclic) bond motifs is 9. The van der Waals surface area contributed by atoms with Gasteiger partial charge >= 0.3 is 0 Å². The van der Waals surface area contributed by atoms with E-state index >= 15 is 0 Å². The number of aliphatic imine (C=N–C) groups is 1. The van der Waals surface area contributed by atoms with Gasteiger partial charge in [0.2, 0.25) is 0 Å². The molecule has 0 fully saturated rings. The van der Waals surface area contributed by atoms with Gasteiger partial charge in [0.05, 0.1) is 11.0 Å². The second kappa shape index (κ2) is 13.0. The number of para-hydroxylation sites is 2. The Morgan fingerprint density at radius 1 is 0.569 bits per heavy atom. The summed E-state index contributed by atoms with van der Waals surface area (Å²) in [5.74, 6) is 0.898. The third kappa shape index (κ3) is 5.02. The molecule has 0 spiro atoms. The summed E-state index contributed by atoms with van der Waals surface area (Å²) in [6, 6.07) is 65.0. The monoisotopic (exact) mass is 764 g/mol. The Morgan fingerprint density at radius 2 is 1.24 bits per heavy atom. The zero-order valence-electron chi connectivity index (χ0n) is 31.6. The van der Waals surface area contributed by atoms with Crippen molar-refractivity contribution in [2.24, 2.45) is 4.99 Å². The van der Waals surface area contributed by atoms with Crippen molar-refractivity contribution in [2.75, 3.05) is 7.05 Å². The molecule has 5 nitrogen and oxygen atoms in total. The van der Waals surface area contributed by atoms with Gasteiger partial charge in [-0.2, -0.15) is 0 Å². The summed E-state index contributed by atoms with van der Waals surface area (Å²) in [5, 5.41) is 11.1. The molecule has 0 radical (unpaired) electrons. The van der Waals surface area contributed by atoms with Crippen LogP contribution in [0.15, 0.2) is 191 Å². The van der Waals surface area contributed by atoms with Crippen LogP contribution in [-0.2, 0) is 0 Å². The number of amidine groups is 1. The smallest absolute Gasteiger partial charge is 0.137 e. The predicted molar refractivity (Wildman–Crippen MR) is 242 cm³/mol. The standard InChI is InChI=1S/C52H36N4OS/c1-55-51(33-17-6-3-7-18-33)53-50(32-15-4-2-5-16-32)54-52(55)41-24-14-28-46-48(41)40-23-12-22-38(49(40)58-46)37-21-13-27-44-47(37)39-30-29-34(31-45(39)57-44)56-42-25-10-8-19-35(42)36-20-9-11-26-43(36)56/h2-31,51-52H,1H3,(H,53,54). The lowest BCUT2D eigenvalue weighted by molar-refractivity contribution is 0.153. The van der Waals surface area contributed by atoms with Crippen LogP contribution in [0.25, 0.3) is 80.7 Å². The maximum atomic E-state index is 6.72. The van der Waals surface area contributed by atoms with Crippen LogP contribution < -0.4 is 5.32 Å². The van der Waals surface area contributed by atoms with Crippen LogP contribution in [0.1, 0.15) is 29.0 Å². The van der Waals surface area contributed by atoms with Crippen molar-refractivity contribution in [2.45, 2.75) is 12.3 Å². The van der Waals surface area contributed by atoms with Crippen molar-refractivity contribution in [1.82, 2.24) is 14.8 Å². The van der Waals surface area contributed by atoms with Gasteiger partial charge in [0.15, 0.2) is 0 Å². The lowest BCUT2D eigenvalue weighted by Gasteiger charge is -2.39. The average molecular weight is 765 g/mol. The molecule has 2 unspecified atom stereocenters. The van der Waals surface area contributed by atoms with Gasteiger partial charge in [0, 0.05) is 64.6 Å². The van der Waals surface area contributed by atoms with E-state index in [0.717, 1.165) is 44.6 Å². The fourth-order valence-electron chi connectivity index (χ4n) is 9.30. The van der Waals surface area contributed by atoms with E-state index in [1.165, 1.54) is 58.7 Å². The van der Waals surface area contributed by atoms with E-state index in [1.807, 2.05) is 11.3 Å². The van der Waals surface area contributed by atoms with Crippen molar-refractivity contribution in [1.29, 1.82) is 0 Å². The van der Waals surface area contributed by atoms with Crippen molar-refractivity contribution in [3.63, 3.8) is 0 Å². The molecular formula is C52H36N4OS. The molecule has 0 bridgehead atoms. The van der Waals surface area contributed by atoms with E-state index in [2.05, 4.69) is 204 Å². The summed E-state index contributed by atoms with van der Waals surface area (Å²) < 4.78 is 11.6. The van der Waals surface area contributed by atoms with Crippen LogP contribution in [-0.4, -0.2) is 22.4 Å². The molecule has 11 aromatic rings. The summed E-state index contributed by atoms with van der Waals surface area (Å²) >= 11 is 1.87. The molecule has 12 rings (SSSR count). The van der Waals surface area contributed by atoms with Crippen molar-refractivity contribution in [3.8, 4) is 16.8 Å². The lowest BCUT2D eigenvalue weighted by Crippen LogP contribution is -2.46. The molecule has 0 saturated heterocycles. The van der Waals surface area contributed by atoms with Crippen LogP contribution >= 0.6 is 11.3 Å². The molecular weight excluding hydrogens is 729 g/mol. The predicted octanol–water partition coefficient (Wildman–Crippen LogP) is 13.4. The zero-order chi connectivity index (χ0) is 38.3. The zero-order valence-corrected chi connectivity index (χ0v) is 32.4. The van der Waals surface area contributed by atoms with E-state index in [9.17, 15) is 0 Å². The van der Waals surface area contributed by atoms with E-state index in [1.54, 1.807) is 0 Å². The van der Waals surface area contributed by atoms with Gasteiger partial charge < -0.3 is 14.3 Å². The molecule has 3 aromatic heterocycles. The molecule has 276 valence electrons. The highest BCUT2D eigenvalue weighted by molar-refractivity contribution is 7.26. The number of thiophene rings is 1. The minimum Gasteiger partial charge on any atom is -0.456 e. The van der Waals surface area contributed by atoms with Crippen molar-refractivity contribution in [3.05, 3.63) is 199 Å². The van der Waals surface area contributed by atoms with E-state index < -0.39 is 0 Å². The number of hydrogen-bond donors (Lipinski definition) is 1. The second-order valence-corrected chi connectivity index (χ2v) is 16.2. The molecule has 1 aliphatic heterocycles. The Kier molecular flexibility index (Phi) is 7.45. The minimum absolute atomic E-state index is 0.118. The SMILES string of the molecule is CN1C(c2ccccc2)N=C(c2ccccc2)NC1c1cccc2sc3c(-c4cccc5oc6cc(-n7c8ccccc8c8ccccc87)ccc6c45)cccc3c12. The number of nitrogens with zero attached hydrogens (tertiary/aromatic N) is 3. The maximum absolute atomic E-state index is 6.72. The fraction of sp³-hybridized carbons (Fsp3) is 0.0577. The maximum Gasteiger partial charge on any atom is 0.137 e. The van der Waals surface area contributed by atoms with E-state index in [4.69, 9.17) is 9.41 Å². The summed E-state index contributed by atoms with van der Waals surface area (Å²) in [4.78, 5) is 7.64. The first-order valence-corrected chi connectivity index (χ1v) is 20.6.